The Morgan fingerprint density at radius 2 is 0.268 bits per heavy atom. The van der Waals surface area contributed by atoms with E-state index in [9.17, 15) is 0 Å². The molecule has 0 radical (unpaired) electrons. The highest BCUT2D eigenvalue weighted by Crippen LogP contribution is 2.46. The van der Waals surface area contributed by atoms with Crippen molar-refractivity contribution in [2.45, 2.75) is 19.3 Å². The lowest BCUT2D eigenvalue weighted by Gasteiger charge is -2.31. The van der Waals surface area contributed by atoms with Crippen LogP contribution in [0.15, 0.2) is 461 Å². The molecule has 580 valence electrons. The molecule has 0 aliphatic rings. The summed E-state index contributed by atoms with van der Waals surface area (Å²) in [5, 5.41) is 0. The van der Waals surface area contributed by atoms with Crippen molar-refractivity contribution in [3.05, 3.63) is 472 Å². The lowest BCUT2D eigenvalue weighted by molar-refractivity contribution is 0.644. The van der Waals surface area contributed by atoms with Gasteiger partial charge in [0.1, 0.15) is 0 Å². The molecule has 0 unspecified atom stereocenters. The third kappa shape index (κ3) is 16.2. The monoisotopic (exact) mass is 1570 g/mol. The summed E-state index contributed by atoms with van der Waals surface area (Å²) < 4.78 is 0. The normalized spacial score (nSPS) is 11.3. The van der Waals surface area contributed by atoms with Gasteiger partial charge in [-0.2, -0.15) is 0 Å². The van der Waals surface area contributed by atoms with Crippen molar-refractivity contribution < 1.29 is 0 Å². The van der Waals surface area contributed by atoms with Gasteiger partial charge in [0, 0.05) is 38.8 Å². The number of nitrogens with zero attached hydrogens (tertiary/aromatic N) is 6. The smallest absolute Gasteiger partial charge is 0.164 e. The molecule has 0 spiro atoms. The lowest BCUT2D eigenvalue weighted by Crippen LogP contribution is -2.21. The van der Waals surface area contributed by atoms with Crippen molar-refractivity contribution >= 4 is 0 Å². The van der Waals surface area contributed by atoms with Crippen molar-refractivity contribution in [1.29, 1.82) is 0 Å². The molecule has 2 aromatic heterocycles. The van der Waals surface area contributed by atoms with E-state index in [2.05, 4.69) is 475 Å². The number of aromatic nitrogens is 6. The Labute approximate surface area is 718 Å². The summed E-state index contributed by atoms with van der Waals surface area (Å²) in [5.74, 6) is 3.43. The number of hydrogen-bond acceptors (Lipinski definition) is 6. The standard InChI is InChI=1S/C117H82N6/c1-117(2,109-61-29-27-59-107(109)91-55-31-51-87(63-91)89-53-33-57-93(65-89)111-118-113(103-71-95(79-35-11-3-12-36-79)67-96(72-103)80-37-13-4-14-38-80)122-114(119-111)104-73-97(81-39-15-5-16-40-81)68-98(74-104)82-41-17-6-18-42-82)110-62-30-28-60-108(110)92-56-32-52-88(64-92)90-54-34-58-94(66-90)112-120-115(105-75-99(83-43-19-7-20-44-83)69-100(76-105)84-45-21-8-22-46-84)123-116(121-112)106-77-101(85-47-23-9-24-48-85)70-102(78-106)86-49-25-10-26-50-86/h3-78H,1-2H3. The van der Waals surface area contributed by atoms with Crippen molar-refractivity contribution in [3.8, 4) is 202 Å². The number of benzene rings is 18. The second-order valence-corrected chi connectivity index (χ2v) is 31.8. The Balaban J connectivity index is 0.653. The van der Waals surface area contributed by atoms with Gasteiger partial charge in [-0.1, -0.05) is 378 Å². The van der Waals surface area contributed by atoms with Crippen LogP contribution in [0.1, 0.15) is 25.0 Å². The predicted molar refractivity (Wildman–Crippen MR) is 510 cm³/mol. The number of rotatable bonds is 20. The molecule has 0 atom stereocenters. The molecule has 20 rings (SSSR count). The first-order chi connectivity index (χ1) is 60.6. The van der Waals surface area contributed by atoms with Crippen LogP contribution in [0.3, 0.4) is 0 Å². The molecule has 18 aromatic carbocycles. The predicted octanol–water partition coefficient (Wildman–Crippen LogP) is 30.4. The Kier molecular flexibility index (Phi) is 20.8. The first-order valence-corrected chi connectivity index (χ1v) is 41.8. The van der Waals surface area contributed by atoms with Crippen LogP contribution in [0, 0.1) is 0 Å². The molecule has 0 aliphatic carbocycles. The van der Waals surface area contributed by atoms with E-state index in [-0.39, 0.29) is 0 Å². The summed E-state index contributed by atoms with van der Waals surface area (Å²) in [6, 6.07) is 164. The summed E-state index contributed by atoms with van der Waals surface area (Å²) >= 11 is 0. The Hall–Kier alpha value is -16.0. The molecule has 0 aliphatic heterocycles. The second-order valence-electron chi connectivity index (χ2n) is 31.8. The van der Waals surface area contributed by atoms with E-state index in [4.69, 9.17) is 29.9 Å². The molecule has 0 amide bonds. The van der Waals surface area contributed by atoms with Crippen LogP contribution >= 0.6 is 0 Å². The average molecular weight is 1570 g/mol. The maximum absolute atomic E-state index is 5.49. The van der Waals surface area contributed by atoms with Crippen molar-refractivity contribution in [3.63, 3.8) is 0 Å². The van der Waals surface area contributed by atoms with Gasteiger partial charge in [0.15, 0.2) is 34.9 Å². The van der Waals surface area contributed by atoms with Gasteiger partial charge < -0.3 is 0 Å². The minimum Gasteiger partial charge on any atom is -0.208 e. The van der Waals surface area contributed by atoms with Crippen LogP contribution in [0.25, 0.3) is 202 Å². The highest BCUT2D eigenvalue weighted by Gasteiger charge is 2.30. The van der Waals surface area contributed by atoms with E-state index in [1.165, 1.54) is 11.1 Å². The summed E-state index contributed by atoms with van der Waals surface area (Å²) in [5.41, 5.74) is 33.3. The second kappa shape index (κ2) is 33.8. The van der Waals surface area contributed by atoms with E-state index in [1.54, 1.807) is 0 Å². The van der Waals surface area contributed by atoms with Gasteiger partial charge in [-0.25, -0.2) is 29.9 Å². The lowest BCUT2D eigenvalue weighted by atomic mass is 9.72. The fraction of sp³-hybridized carbons (Fsp3) is 0.0256. The summed E-state index contributed by atoms with van der Waals surface area (Å²) in [4.78, 5) is 32.9. The van der Waals surface area contributed by atoms with E-state index < -0.39 is 5.41 Å². The third-order valence-electron chi connectivity index (χ3n) is 23.3. The van der Waals surface area contributed by atoms with Crippen LogP contribution in [0.4, 0.5) is 0 Å². The fourth-order valence-electron chi connectivity index (χ4n) is 17.0. The zero-order valence-corrected chi connectivity index (χ0v) is 68.1. The minimum absolute atomic E-state index is 0.489. The molecular formula is C117H82N6. The van der Waals surface area contributed by atoms with Gasteiger partial charge >= 0.3 is 0 Å². The average Bonchev–Trinajstić information content (AvgIpc) is 0.760. The van der Waals surface area contributed by atoms with Crippen LogP contribution in [0.2, 0.25) is 0 Å². The molecule has 20 aromatic rings. The summed E-state index contributed by atoms with van der Waals surface area (Å²) in [6.45, 7) is 4.72. The quantitative estimate of drug-likeness (QED) is 0.0757. The topological polar surface area (TPSA) is 77.3 Å². The van der Waals surface area contributed by atoms with Gasteiger partial charge in [0.25, 0.3) is 0 Å². The molecule has 0 fully saturated rings. The molecule has 0 N–H and O–H groups in total. The molecule has 0 saturated heterocycles. The first-order valence-electron chi connectivity index (χ1n) is 41.8. The molecule has 0 saturated carbocycles. The molecule has 6 heteroatoms. The third-order valence-corrected chi connectivity index (χ3v) is 23.3. The minimum atomic E-state index is -0.489. The zero-order chi connectivity index (χ0) is 82.4. The zero-order valence-electron chi connectivity index (χ0n) is 68.1. The Morgan fingerprint density at radius 1 is 0.122 bits per heavy atom. The largest absolute Gasteiger partial charge is 0.208 e. The highest BCUT2D eigenvalue weighted by atomic mass is 15.0. The van der Waals surface area contributed by atoms with Gasteiger partial charge in [0.2, 0.25) is 0 Å². The maximum atomic E-state index is 5.49. The molecule has 2 heterocycles. The van der Waals surface area contributed by atoms with E-state index >= 15 is 0 Å². The fourth-order valence-corrected chi connectivity index (χ4v) is 17.0. The van der Waals surface area contributed by atoms with Gasteiger partial charge in [-0.05, 0) is 242 Å². The van der Waals surface area contributed by atoms with E-state index in [0.717, 1.165) is 167 Å². The molecule has 0 bridgehead atoms. The van der Waals surface area contributed by atoms with Crippen molar-refractivity contribution in [1.82, 2.24) is 29.9 Å². The molecular weight excluding hydrogens is 1490 g/mol. The summed E-state index contributed by atoms with van der Waals surface area (Å²) in [6.07, 6.45) is 0. The molecule has 6 nitrogen and oxygen atoms in total. The summed E-state index contributed by atoms with van der Waals surface area (Å²) in [7, 11) is 0. The molecule has 123 heavy (non-hydrogen) atoms. The number of hydrogen-bond donors (Lipinski definition) is 0. The maximum Gasteiger partial charge on any atom is 0.164 e. The van der Waals surface area contributed by atoms with E-state index in [0.29, 0.717) is 34.9 Å². The van der Waals surface area contributed by atoms with Gasteiger partial charge in [0.05, 0.1) is 0 Å². The highest BCUT2D eigenvalue weighted by molar-refractivity contribution is 5.88. The SMILES string of the molecule is CC(C)(c1ccccc1-c1cccc(-c2cccc(-c3nc(-c4cc(-c5ccccc5)cc(-c5ccccc5)c4)nc(-c4cc(-c5ccccc5)cc(-c5ccccc5)c4)n3)c2)c1)c1ccccc1-c1cccc(-c2cccc(-c3nc(-c4cc(-c5ccccc5)cc(-c5ccccc5)c4)nc(-c4cc(-c5ccccc5)cc(-c5ccccc5)c4)n3)c2)c1. The van der Waals surface area contributed by atoms with Crippen LogP contribution in [0.5, 0.6) is 0 Å². The first kappa shape index (κ1) is 75.7. The van der Waals surface area contributed by atoms with Crippen LogP contribution in [-0.4, -0.2) is 29.9 Å². The van der Waals surface area contributed by atoms with E-state index in [1.807, 2.05) is 0 Å². The van der Waals surface area contributed by atoms with Crippen LogP contribution < -0.4 is 0 Å². The van der Waals surface area contributed by atoms with Crippen molar-refractivity contribution in [2.24, 2.45) is 0 Å². The van der Waals surface area contributed by atoms with Gasteiger partial charge in [-0.3, -0.25) is 0 Å². The Bertz CT molecular complexity index is 6270. The van der Waals surface area contributed by atoms with Gasteiger partial charge in [-0.15, -0.1) is 0 Å². The van der Waals surface area contributed by atoms with Crippen molar-refractivity contribution in [2.75, 3.05) is 0 Å². The van der Waals surface area contributed by atoms with Crippen LogP contribution in [-0.2, 0) is 5.41 Å². The Morgan fingerprint density at radius 3 is 0.488 bits per heavy atom.